The second-order valence-corrected chi connectivity index (χ2v) is 8.00. The molecule has 0 saturated carbocycles. The molecule has 0 aromatic rings. The van der Waals surface area contributed by atoms with Crippen LogP contribution in [-0.2, 0) is 14.3 Å². The Morgan fingerprint density at radius 1 is 0.700 bits per heavy atom. The number of hydrogen-bond donors (Lipinski definition) is 2. The van der Waals surface area contributed by atoms with Crippen molar-refractivity contribution in [1.29, 1.82) is 0 Å². The number of hydrogen-bond acceptors (Lipinski definition) is 5. The summed E-state index contributed by atoms with van der Waals surface area (Å²) < 4.78 is 9.70. The van der Waals surface area contributed by atoms with E-state index in [1.807, 2.05) is 13.8 Å². The van der Waals surface area contributed by atoms with Crippen LogP contribution in [0.25, 0.3) is 0 Å². The van der Waals surface area contributed by atoms with Gasteiger partial charge in [0, 0.05) is 19.6 Å². The number of aliphatic hydroxyl groups is 2. The Kier molecular flexibility index (Phi) is 29.8. The van der Waals surface area contributed by atoms with Crippen molar-refractivity contribution in [2.75, 3.05) is 26.4 Å². The van der Waals surface area contributed by atoms with Gasteiger partial charge in [-0.1, -0.05) is 96.8 Å². The summed E-state index contributed by atoms with van der Waals surface area (Å²) in [5.74, 6) is -0.276. The summed E-state index contributed by atoms with van der Waals surface area (Å²) in [6.07, 6.45) is 19.0. The molecule has 0 aliphatic rings. The monoisotopic (exact) mass is 432 g/mol. The fourth-order valence-corrected chi connectivity index (χ4v) is 3.16. The molecule has 5 nitrogen and oxygen atoms in total. The minimum atomic E-state index is -0.954. The lowest BCUT2D eigenvalue weighted by molar-refractivity contribution is -0.147. The summed E-state index contributed by atoms with van der Waals surface area (Å²) in [6, 6.07) is 0. The van der Waals surface area contributed by atoms with Gasteiger partial charge in [-0.25, -0.2) is 0 Å². The maximum atomic E-state index is 11.4. The Hall–Kier alpha value is -0.650. The second-order valence-electron chi connectivity index (χ2n) is 8.00. The first-order chi connectivity index (χ1) is 14.6. The van der Waals surface area contributed by atoms with Gasteiger partial charge in [-0.3, -0.25) is 4.79 Å². The molecular formula is C25H52O5. The zero-order chi connectivity index (χ0) is 22.7. The molecule has 0 amide bonds. The minimum absolute atomic E-state index is 0.103. The molecule has 5 heteroatoms. The smallest absolute Gasteiger partial charge is 0.305 e. The predicted octanol–water partition coefficient (Wildman–Crippen LogP) is 6.19. The van der Waals surface area contributed by atoms with Gasteiger partial charge < -0.3 is 19.7 Å². The Morgan fingerprint density at radius 2 is 1.10 bits per heavy atom. The van der Waals surface area contributed by atoms with Crippen LogP contribution in [0.15, 0.2) is 0 Å². The lowest BCUT2D eigenvalue weighted by Crippen LogP contribution is -2.21. The van der Waals surface area contributed by atoms with Gasteiger partial charge in [-0.2, -0.15) is 0 Å². The average Bonchev–Trinajstić information content (AvgIpc) is 2.75. The quantitative estimate of drug-likeness (QED) is 0.167. The van der Waals surface area contributed by atoms with Crippen molar-refractivity contribution < 1.29 is 24.5 Å². The van der Waals surface area contributed by atoms with E-state index in [0.717, 1.165) is 26.1 Å². The molecule has 182 valence electrons. The summed E-state index contributed by atoms with van der Waals surface area (Å²) in [7, 11) is 0. The zero-order valence-corrected chi connectivity index (χ0v) is 20.3. The van der Waals surface area contributed by atoms with Crippen LogP contribution in [0.5, 0.6) is 0 Å². The normalized spacial score (nSPS) is 11.6. The molecule has 0 bridgehead atoms. The Bertz CT molecular complexity index is 321. The largest absolute Gasteiger partial charge is 0.463 e. The molecule has 0 heterocycles. The summed E-state index contributed by atoms with van der Waals surface area (Å²) in [5, 5.41) is 17.7. The maximum absolute atomic E-state index is 11.4. The molecule has 0 aliphatic carbocycles. The van der Waals surface area contributed by atoms with Crippen molar-refractivity contribution in [2.45, 2.75) is 130 Å². The van der Waals surface area contributed by atoms with Crippen molar-refractivity contribution in [2.24, 2.45) is 0 Å². The summed E-state index contributed by atoms with van der Waals surface area (Å²) in [5.41, 5.74) is 0. The first-order valence-corrected chi connectivity index (χ1v) is 12.6. The molecule has 0 fully saturated rings. The van der Waals surface area contributed by atoms with Gasteiger partial charge in [0.2, 0.25) is 0 Å². The van der Waals surface area contributed by atoms with E-state index in [4.69, 9.17) is 19.7 Å². The van der Waals surface area contributed by atoms with Gasteiger partial charge in [0.25, 0.3) is 0 Å². The molecule has 0 saturated heterocycles. The first-order valence-electron chi connectivity index (χ1n) is 12.6. The third-order valence-electron chi connectivity index (χ3n) is 5.04. The van der Waals surface area contributed by atoms with E-state index in [2.05, 4.69) is 6.92 Å². The zero-order valence-electron chi connectivity index (χ0n) is 20.3. The number of aliphatic hydroxyl groups excluding tert-OH is 2. The van der Waals surface area contributed by atoms with E-state index in [-0.39, 0.29) is 19.2 Å². The van der Waals surface area contributed by atoms with E-state index in [9.17, 15) is 4.79 Å². The third-order valence-corrected chi connectivity index (χ3v) is 5.04. The molecule has 1 unspecified atom stereocenters. The molecule has 0 aromatic carbocycles. The number of esters is 1. The van der Waals surface area contributed by atoms with Crippen LogP contribution in [0, 0.1) is 0 Å². The third kappa shape index (κ3) is 29.6. The molecule has 0 rings (SSSR count). The molecule has 1 atom stereocenters. The predicted molar refractivity (Wildman–Crippen MR) is 126 cm³/mol. The van der Waals surface area contributed by atoms with Crippen LogP contribution in [-0.4, -0.2) is 48.7 Å². The highest BCUT2D eigenvalue weighted by atomic mass is 16.5. The van der Waals surface area contributed by atoms with Gasteiger partial charge in [-0.05, 0) is 20.3 Å². The van der Waals surface area contributed by atoms with Gasteiger partial charge in [0.05, 0.1) is 6.61 Å². The van der Waals surface area contributed by atoms with Crippen molar-refractivity contribution in [1.82, 2.24) is 0 Å². The molecule has 0 aliphatic heterocycles. The highest BCUT2D eigenvalue weighted by Gasteiger charge is 2.07. The second kappa shape index (κ2) is 28.4. The Balaban J connectivity index is 0. The Labute approximate surface area is 186 Å². The summed E-state index contributed by atoms with van der Waals surface area (Å²) in [6.45, 7) is 7.46. The van der Waals surface area contributed by atoms with E-state index < -0.39 is 6.10 Å². The standard InChI is InChI=1S/C21H42O4.C4H10O/c1-2-3-4-5-6-7-8-9-10-11-12-13-14-15-16-17-21(24)25-19-20(23)18-22;1-3-5-4-2/h20,22-23H,2-19H2,1H3;3-4H2,1-2H3. The molecule has 0 spiro atoms. The van der Waals surface area contributed by atoms with Crippen LogP contribution in [0.3, 0.4) is 0 Å². The van der Waals surface area contributed by atoms with Gasteiger partial charge in [-0.15, -0.1) is 0 Å². The fourth-order valence-electron chi connectivity index (χ4n) is 3.16. The van der Waals surface area contributed by atoms with Gasteiger partial charge >= 0.3 is 5.97 Å². The van der Waals surface area contributed by atoms with Crippen molar-refractivity contribution in [3.8, 4) is 0 Å². The molecule has 30 heavy (non-hydrogen) atoms. The molecule has 0 radical (unpaired) electrons. The van der Waals surface area contributed by atoms with Gasteiger partial charge in [0.15, 0.2) is 0 Å². The number of ether oxygens (including phenoxy) is 2. The SMILES string of the molecule is CCCCCCCCCCCCCCCCCC(=O)OCC(O)CO.CCOCC. The van der Waals surface area contributed by atoms with Crippen molar-refractivity contribution in [3.05, 3.63) is 0 Å². The van der Waals surface area contributed by atoms with E-state index in [1.54, 1.807) is 0 Å². The maximum Gasteiger partial charge on any atom is 0.305 e. The lowest BCUT2D eigenvalue weighted by Gasteiger charge is -2.08. The van der Waals surface area contributed by atoms with Crippen LogP contribution in [0.4, 0.5) is 0 Å². The highest BCUT2D eigenvalue weighted by Crippen LogP contribution is 2.13. The van der Waals surface area contributed by atoms with Gasteiger partial charge in [0.1, 0.15) is 12.7 Å². The number of unbranched alkanes of at least 4 members (excludes halogenated alkanes) is 14. The average molecular weight is 433 g/mol. The molecular weight excluding hydrogens is 380 g/mol. The van der Waals surface area contributed by atoms with Crippen LogP contribution in [0.1, 0.15) is 124 Å². The van der Waals surface area contributed by atoms with Crippen molar-refractivity contribution >= 4 is 5.97 Å². The van der Waals surface area contributed by atoms with Crippen molar-refractivity contribution in [3.63, 3.8) is 0 Å². The lowest BCUT2D eigenvalue weighted by atomic mass is 10.0. The topological polar surface area (TPSA) is 76.0 Å². The minimum Gasteiger partial charge on any atom is -0.463 e. The van der Waals surface area contributed by atoms with Crippen LogP contribution in [0.2, 0.25) is 0 Å². The number of carbonyl (C=O) groups excluding carboxylic acids is 1. The first kappa shape index (κ1) is 31.5. The Morgan fingerprint density at radius 3 is 1.43 bits per heavy atom. The summed E-state index contributed by atoms with van der Waals surface area (Å²) in [4.78, 5) is 11.4. The van der Waals surface area contributed by atoms with E-state index in [1.165, 1.54) is 83.5 Å². The van der Waals surface area contributed by atoms with E-state index >= 15 is 0 Å². The van der Waals surface area contributed by atoms with Crippen LogP contribution >= 0.6 is 0 Å². The molecule has 0 aromatic heterocycles. The summed E-state index contributed by atoms with van der Waals surface area (Å²) >= 11 is 0. The molecule has 2 N–H and O–H groups in total. The highest BCUT2D eigenvalue weighted by molar-refractivity contribution is 5.69. The van der Waals surface area contributed by atoms with E-state index in [0.29, 0.717) is 6.42 Å². The number of rotatable bonds is 21. The fraction of sp³-hybridized carbons (Fsp3) is 0.960. The van der Waals surface area contributed by atoms with Crippen LogP contribution < -0.4 is 0 Å². The number of carbonyl (C=O) groups is 1.